The Bertz CT molecular complexity index is 614. The number of carbonyl (C=O) groups excluding carboxylic acids is 1. The number of rotatable bonds is 3. The van der Waals surface area contributed by atoms with Gasteiger partial charge in [0.2, 0.25) is 0 Å². The van der Waals surface area contributed by atoms with Gasteiger partial charge in [-0.2, -0.15) is 5.10 Å². The Kier molecular flexibility index (Phi) is 4.24. The number of anilines is 1. The standard InChI is InChI=1S/C15H17BrN4O/c16-11-3-1-4-12(9-11)18-13-5-2-8-20(10-13)15(21)14-6-7-17-19-14/h1,3-4,6-7,9,13,18H,2,5,8,10H2,(H,17,19). The molecule has 1 aliphatic heterocycles. The SMILES string of the molecule is O=C(c1ccn[nH]1)N1CCCC(Nc2cccc(Br)c2)C1. The molecule has 0 saturated carbocycles. The molecule has 0 radical (unpaired) electrons. The van der Waals surface area contributed by atoms with Crippen molar-refractivity contribution in [1.29, 1.82) is 0 Å². The minimum absolute atomic E-state index is 0.0215. The Morgan fingerprint density at radius 3 is 3.10 bits per heavy atom. The number of carbonyl (C=O) groups is 1. The van der Waals surface area contributed by atoms with Crippen LogP contribution in [0.3, 0.4) is 0 Å². The van der Waals surface area contributed by atoms with Crippen molar-refractivity contribution >= 4 is 27.5 Å². The second-order valence-electron chi connectivity index (χ2n) is 5.22. The van der Waals surface area contributed by atoms with E-state index in [0.29, 0.717) is 12.2 Å². The molecule has 1 atom stereocenters. The van der Waals surface area contributed by atoms with Crippen molar-refractivity contribution in [2.45, 2.75) is 18.9 Å². The Labute approximate surface area is 131 Å². The van der Waals surface area contributed by atoms with Gasteiger partial charge < -0.3 is 10.2 Å². The van der Waals surface area contributed by atoms with Crippen LogP contribution in [0.2, 0.25) is 0 Å². The summed E-state index contributed by atoms with van der Waals surface area (Å²) in [7, 11) is 0. The number of benzene rings is 1. The van der Waals surface area contributed by atoms with Crippen molar-refractivity contribution in [2.24, 2.45) is 0 Å². The number of aromatic nitrogens is 2. The number of hydrogen-bond donors (Lipinski definition) is 2. The van der Waals surface area contributed by atoms with E-state index < -0.39 is 0 Å². The summed E-state index contributed by atoms with van der Waals surface area (Å²) in [6.45, 7) is 1.51. The molecule has 0 aliphatic carbocycles. The molecule has 21 heavy (non-hydrogen) atoms. The van der Waals surface area contributed by atoms with E-state index >= 15 is 0 Å². The maximum absolute atomic E-state index is 12.3. The highest BCUT2D eigenvalue weighted by atomic mass is 79.9. The van der Waals surface area contributed by atoms with E-state index in [-0.39, 0.29) is 11.9 Å². The fourth-order valence-electron chi connectivity index (χ4n) is 2.64. The molecular formula is C15H17BrN4O. The zero-order chi connectivity index (χ0) is 14.7. The van der Waals surface area contributed by atoms with Crippen LogP contribution < -0.4 is 5.32 Å². The van der Waals surface area contributed by atoms with Gasteiger partial charge in [0.05, 0.1) is 0 Å². The molecule has 1 aliphatic rings. The van der Waals surface area contributed by atoms with Crippen molar-refractivity contribution in [3.05, 3.63) is 46.7 Å². The van der Waals surface area contributed by atoms with E-state index in [2.05, 4.69) is 37.5 Å². The molecule has 2 aromatic rings. The minimum atomic E-state index is 0.0215. The molecule has 0 bridgehead atoms. The number of halogens is 1. The van der Waals surface area contributed by atoms with Crippen molar-refractivity contribution < 1.29 is 4.79 Å². The number of nitrogens with one attached hydrogen (secondary N) is 2. The first-order valence-corrected chi connectivity index (χ1v) is 7.82. The molecular weight excluding hydrogens is 332 g/mol. The van der Waals surface area contributed by atoms with Crippen LogP contribution in [0.15, 0.2) is 41.0 Å². The fraction of sp³-hybridized carbons (Fsp3) is 0.333. The third kappa shape index (κ3) is 3.44. The molecule has 1 unspecified atom stereocenters. The summed E-state index contributed by atoms with van der Waals surface area (Å²) in [6.07, 6.45) is 3.68. The number of likely N-dealkylation sites (tertiary alicyclic amines) is 1. The third-order valence-corrected chi connectivity index (χ3v) is 4.13. The van der Waals surface area contributed by atoms with Crippen LogP contribution in [0.5, 0.6) is 0 Å². The Hall–Kier alpha value is -1.82. The maximum Gasteiger partial charge on any atom is 0.271 e. The number of H-pyrrole nitrogens is 1. The van der Waals surface area contributed by atoms with Gasteiger partial charge in [0.25, 0.3) is 5.91 Å². The zero-order valence-corrected chi connectivity index (χ0v) is 13.1. The summed E-state index contributed by atoms with van der Waals surface area (Å²) in [5.41, 5.74) is 1.63. The van der Waals surface area contributed by atoms with Crippen LogP contribution in [0.1, 0.15) is 23.3 Å². The molecule has 2 N–H and O–H groups in total. The van der Waals surface area contributed by atoms with Crippen LogP contribution in [-0.2, 0) is 0 Å². The predicted octanol–water partition coefficient (Wildman–Crippen LogP) is 2.89. The molecule has 5 nitrogen and oxygen atoms in total. The average Bonchev–Trinajstić information content (AvgIpc) is 3.01. The summed E-state index contributed by atoms with van der Waals surface area (Å²) >= 11 is 3.47. The molecule has 1 fully saturated rings. The molecule has 1 amide bonds. The van der Waals surface area contributed by atoms with Gasteiger partial charge in [0, 0.05) is 35.5 Å². The summed E-state index contributed by atoms with van der Waals surface area (Å²) in [4.78, 5) is 14.2. The lowest BCUT2D eigenvalue weighted by molar-refractivity contribution is 0.0709. The summed E-state index contributed by atoms with van der Waals surface area (Å²) in [5, 5.41) is 10.1. The molecule has 0 spiro atoms. The van der Waals surface area contributed by atoms with Crippen molar-refractivity contribution in [1.82, 2.24) is 15.1 Å². The Morgan fingerprint density at radius 2 is 2.33 bits per heavy atom. The van der Waals surface area contributed by atoms with E-state index in [1.54, 1.807) is 12.3 Å². The lowest BCUT2D eigenvalue weighted by Crippen LogP contribution is -2.45. The molecule has 110 valence electrons. The molecule has 1 saturated heterocycles. The van der Waals surface area contributed by atoms with Gasteiger partial charge in [-0.3, -0.25) is 9.89 Å². The topological polar surface area (TPSA) is 61.0 Å². The van der Waals surface area contributed by atoms with E-state index in [1.165, 1.54) is 0 Å². The first-order chi connectivity index (χ1) is 10.2. The number of piperidine rings is 1. The molecule has 3 rings (SSSR count). The first kappa shape index (κ1) is 14.1. The summed E-state index contributed by atoms with van der Waals surface area (Å²) in [5.74, 6) is 0.0215. The number of nitrogens with zero attached hydrogens (tertiary/aromatic N) is 2. The first-order valence-electron chi connectivity index (χ1n) is 7.03. The zero-order valence-electron chi connectivity index (χ0n) is 11.6. The fourth-order valence-corrected chi connectivity index (χ4v) is 3.04. The highest BCUT2D eigenvalue weighted by Gasteiger charge is 2.25. The average molecular weight is 349 g/mol. The lowest BCUT2D eigenvalue weighted by atomic mass is 10.0. The molecule has 2 heterocycles. The van der Waals surface area contributed by atoms with E-state index in [4.69, 9.17) is 0 Å². The van der Waals surface area contributed by atoms with Gasteiger partial charge in [-0.25, -0.2) is 0 Å². The summed E-state index contributed by atoms with van der Waals surface area (Å²) < 4.78 is 1.05. The van der Waals surface area contributed by atoms with Gasteiger partial charge in [-0.15, -0.1) is 0 Å². The van der Waals surface area contributed by atoms with Crippen molar-refractivity contribution in [3.63, 3.8) is 0 Å². The molecule has 6 heteroatoms. The maximum atomic E-state index is 12.3. The number of aromatic amines is 1. The summed E-state index contributed by atoms with van der Waals surface area (Å²) in [6, 6.07) is 10.1. The highest BCUT2D eigenvalue weighted by Crippen LogP contribution is 2.20. The van der Waals surface area contributed by atoms with E-state index in [0.717, 1.165) is 29.5 Å². The third-order valence-electron chi connectivity index (χ3n) is 3.64. The highest BCUT2D eigenvalue weighted by molar-refractivity contribution is 9.10. The second kappa shape index (κ2) is 6.30. The van der Waals surface area contributed by atoms with Crippen LogP contribution in [0.25, 0.3) is 0 Å². The lowest BCUT2D eigenvalue weighted by Gasteiger charge is -2.33. The van der Waals surface area contributed by atoms with Crippen LogP contribution in [-0.4, -0.2) is 40.1 Å². The Morgan fingerprint density at radius 1 is 1.43 bits per heavy atom. The number of hydrogen-bond acceptors (Lipinski definition) is 3. The van der Waals surface area contributed by atoms with Crippen LogP contribution in [0.4, 0.5) is 5.69 Å². The monoisotopic (exact) mass is 348 g/mol. The van der Waals surface area contributed by atoms with E-state index in [1.807, 2.05) is 23.1 Å². The van der Waals surface area contributed by atoms with Crippen molar-refractivity contribution in [2.75, 3.05) is 18.4 Å². The normalized spacial score (nSPS) is 18.5. The largest absolute Gasteiger partial charge is 0.380 e. The van der Waals surface area contributed by atoms with Crippen LogP contribution in [0, 0.1) is 0 Å². The van der Waals surface area contributed by atoms with Gasteiger partial charge in [-0.05, 0) is 37.1 Å². The predicted molar refractivity (Wildman–Crippen MR) is 85.3 cm³/mol. The minimum Gasteiger partial charge on any atom is -0.380 e. The van der Waals surface area contributed by atoms with Crippen LogP contribution >= 0.6 is 15.9 Å². The molecule has 1 aromatic heterocycles. The van der Waals surface area contributed by atoms with Gasteiger partial charge in [-0.1, -0.05) is 22.0 Å². The quantitative estimate of drug-likeness (QED) is 0.896. The molecule has 1 aromatic carbocycles. The van der Waals surface area contributed by atoms with Crippen molar-refractivity contribution in [3.8, 4) is 0 Å². The van der Waals surface area contributed by atoms with Gasteiger partial charge >= 0.3 is 0 Å². The van der Waals surface area contributed by atoms with Gasteiger partial charge in [0.15, 0.2) is 0 Å². The Balaban J connectivity index is 1.64. The number of amides is 1. The van der Waals surface area contributed by atoms with Gasteiger partial charge in [0.1, 0.15) is 5.69 Å². The van der Waals surface area contributed by atoms with E-state index in [9.17, 15) is 4.79 Å². The second-order valence-corrected chi connectivity index (χ2v) is 6.13. The smallest absolute Gasteiger partial charge is 0.271 e.